The second kappa shape index (κ2) is 3.62. The molecule has 1 rings (SSSR count). The highest BCUT2D eigenvalue weighted by molar-refractivity contribution is 4.88. The average Bonchev–Trinajstić information content (AvgIpc) is 1.88. The molecule has 0 heterocycles. The minimum atomic E-state index is -0.0880. The number of aliphatic hydroxyl groups is 1. The Morgan fingerprint density at radius 2 is 2.20 bits per heavy atom. The Morgan fingerprint density at radius 3 is 2.80 bits per heavy atom. The van der Waals surface area contributed by atoms with Gasteiger partial charge in [0.15, 0.2) is 0 Å². The van der Waals surface area contributed by atoms with Gasteiger partial charge in [-0.15, -0.1) is 0 Å². The molecule has 0 bridgehead atoms. The average molecular weight is 141 g/mol. The van der Waals surface area contributed by atoms with Crippen LogP contribution in [0.4, 0.5) is 0 Å². The predicted molar refractivity (Wildman–Crippen MR) is 41.3 cm³/mol. The first-order chi connectivity index (χ1) is 4.83. The first kappa shape index (κ1) is 7.61. The van der Waals surface area contributed by atoms with E-state index in [-0.39, 0.29) is 6.10 Å². The summed E-state index contributed by atoms with van der Waals surface area (Å²) in [4.78, 5) is 0. The molecule has 0 spiro atoms. The van der Waals surface area contributed by atoms with Crippen LogP contribution >= 0.6 is 0 Å². The summed E-state index contributed by atoms with van der Waals surface area (Å²) in [7, 11) is 0. The summed E-state index contributed by atoms with van der Waals surface area (Å²) >= 11 is 0. The third-order valence-corrected chi connectivity index (χ3v) is 2.07. The topological polar surface area (TPSA) is 46.2 Å². The molecule has 0 saturated heterocycles. The van der Waals surface area contributed by atoms with Gasteiger partial charge >= 0.3 is 0 Å². The first-order valence-electron chi connectivity index (χ1n) is 3.89. The highest BCUT2D eigenvalue weighted by atomic mass is 16.3. The Morgan fingerprint density at radius 1 is 1.40 bits per heavy atom. The molecule has 0 aromatic carbocycles. The van der Waals surface area contributed by atoms with E-state index in [4.69, 9.17) is 5.73 Å². The molecule has 0 radical (unpaired) electrons. The Hall–Kier alpha value is -0.500. The number of allylic oxidation sites excluding steroid dienone is 1. The Balaban J connectivity index is 2.32. The lowest BCUT2D eigenvalue weighted by molar-refractivity contribution is 0.113. The minimum absolute atomic E-state index is 0.0880. The van der Waals surface area contributed by atoms with Crippen LogP contribution < -0.4 is 5.73 Å². The fourth-order valence-electron chi connectivity index (χ4n) is 1.53. The van der Waals surface area contributed by atoms with Crippen molar-refractivity contribution in [3.8, 4) is 0 Å². The lowest BCUT2D eigenvalue weighted by Gasteiger charge is -2.22. The van der Waals surface area contributed by atoms with Crippen LogP contribution in [0.25, 0.3) is 0 Å². The molecule has 58 valence electrons. The van der Waals surface area contributed by atoms with Crippen molar-refractivity contribution in [3.05, 3.63) is 12.3 Å². The van der Waals surface area contributed by atoms with Crippen LogP contribution in [0.1, 0.15) is 25.7 Å². The van der Waals surface area contributed by atoms with Gasteiger partial charge in [-0.25, -0.2) is 0 Å². The highest BCUT2D eigenvalue weighted by Crippen LogP contribution is 2.24. The Labute approximate surface area is 61.7 Å². The van der Waals surface area contributed by atoms with Gasteiger partial charge in [0.25, 0.3) is 0 Å². The summed E-state index contributed by atoms with van der Waals surface area (Å²) in [6, 6.07) is 0. The van der Waals surface area contributed by atoms with Crippen molar-refractivity contribution in [1.82, 2.24) is 0 Å². The van der Waals surface area contributed by atoms with E-state index in [2.05, 4.69) is 0 Å². The lowest BCUT2D eigenvalue weighted by Crippen LogP contribution is -2.18. The molecular formula is C8H15NO. The van der Waals surface area contributed by atoms with Crippen LogP contribution in [0.15, 0.2) is 12.3 Å². The van der Waals surface area contributed by atoms with Crippen LogP contribution in [0, 0.1) is 5.92 Å². The molecule has 2 atom stereocenters. The largest absolute Gasteiger partial charge is 0.405 e. The van der Waals surface area contributed by atoms with Crippen molar-refractivity contribution in [2.75, 3.05) is 0 Å². The summed E-state index contributed by atoms with van der Waals surface area (Å²) in [6.45, 7) is 0. The SMILES string of the molecule is NC=CC1CCCC(O)C1. The third kappa shape index (κ3) is 2.03. The Kier molecular flexibility index (Phi) is 2.75. The van der Waals surface area contributed by atoms with E-state index in [1.807, 2.05) is 6.08 Å². The minimum Gasteiger partial charge on any atom is -0.405 e. The van der Waals surface area contributed by atoms with E-state index in [0.29, 0.717) is 5.92 Å². The predicted octanol–water partition coefficient (Wildman–Crippen LogP) is 1.01. The first-order valence-corrected chi connectivity index (χ1v) is 3.89. The maximum absolute atomic E-state index is 9.23. The monoisotopic (exact) mass is 141 g/mol. The zero-order valence-corrected chi connectivity index (χ0v) is 6.16. The van der Waals surface area contributed by atoms with E-state index >= 15 is 0 Å². The molecule has 0 aromatic heterocycles. The molecule has 1 aliphatic carbocycles. The van der Waals surface area contributed by atoms with Crippen LogP contribution in [0.2, 0.25) is 0 Å². The third-order valence-electron chi connectivity index (χ3n) is 2.07. The van der Waals surface area contributed by atoms with Crippen molar-refractivity contribution < 1.29 is 5.11 Å². The second-order valence-electron chi connectivity index (χ2n) is 2.97. The van der Waals surface area contributed by atoms with Crippen LogP contribution in [-0.4, -0.2) is 11.2 Å². The van der Waals surface area contributed by atoms with E-state index in [1.165, 1.54) is 6.42 Å². The maximum atomic E-state index is 9.23. The molecule has 0 aromatic rings. The van der Waals surface area contributed by atoms with Crippen LogP contribution in [0.5, 0.6) is 0 Å². The van der Waals surface area contributed by atoms with Gasteiger partial charge in [0.1, 0.15) is 0 Å². The molecule has 3 N–H and O–H groups in total. The zero-order valence-electron chi connectivity index (χ0n) is 6.16. The number of aliphatic hydroxyl groups excluding tert-OH is 1. The van der Waals surface area contributed by atoms with Crippen LogP contribution in [-0.2, 0) is 0 Å². The van der Waals surface area contributed by atoms with Crippen molar-refractivity contribution >= 4 is 0 Å². The standard InChI is InChI=1S/C8H15NO/c9-5-4-7-2-1-3-8(10)6-7/h4-5,7-8,10H,1-3,6,9H2. The van der Waals surface area contributed by atoms with Gasteiger partial charge in [0.05, 0.1) is 6.10 Å². The number of hydrogen-bond donors (Lipinski definition) is 2. The molecule has 0 amide bonds. The summed E-state index contributed by atoms with van der Waals surface area (Å²) in [6.07, 6.45) is 7.67. The molecule has 2 nitrogen and oxygen atoms in total. The zero-order chi connectivity index (χ0) is 7.40. The van der Waals surface area contributed by atoms with E-state index in [9.17, 15) is 5.11 Å². The fraction of sp³-hybridized carbons (Fsp3) is 0.750. The lowest BCUT2D eigenvalue weighted by atomic mass is 9.87. The molecule has 2 heteroatoms. The van der Waals surface area contributed by atoms with Crippen molar-refractivity contribution in [3.63, 3.8) is 0 Å². The summed E-state index contributed by atoms with van der Waals surface area (Å²) in [5, 5.41) is 9.23. The molecule has 1 saturated carbocycles. The van der Waals surface area contributed by atoms with Gasteiger partial charge in [-0.2, -0.15) is 0 Å². The van der Waals surface area contributed by atoms with Gasteiger partial charge in [0, 0.05) is 0 Å². The summed E-state index contributed by atoms with van der Waals surface area (Å²) < 4.78 is 0. The summed E-state index contributed by atoms with van der Waals surface area (Å²) in [5.41, 5.74) is 5.24. The van der Waals surface area contributed by atoms with Crippen LogP contribution in [0.3, 0.4) is 0 Å². The highest BCUT2D eigenvalue weighted by Gasteiger charge is 2.17. The van der Waals surface area contributed by atoms with Gasteiger partial charge in [0.2, 0.25) is 0 Å². The van der Waals surface area contributed by atoms with Crippen molar-refractivity contribution in [2.24, 2.45) is 11.7 Å². The quantitative estimate of drug-likeness (QED) is 0.572. The molecular weight excluding hydrogens is 126 g/mol. The second-order valence-corrected chi connectivity index (χ2v) is 2.97. The fourth-order valence-corrected chi connectivity index (χ4v) is 1.53. The van der Waals surface area contributed by atoms with Gasteiger partial charge in [-0.05, 0) is 31.4 Å². The number of nitrogens with two attached hydrogens (primary N) is 1. The van der Waals surface area contributed by atoms with Gasteiger partial charge in [-0.1, -0.05) is 12.5 Å². The van der Waals surface area contributed by atoms with Crippen molar-refractivity contribution in [2.45, 2.75) is 31.8 Å². The molecule has 1 fully saturated rings. The molecule has 10 heavy (non-hydrogen) atoms. The molecule has 2 unspecified atom stereocenters. The smallest absolute Gasteiger partial charge is 0.0545 e. The molecule has 1 aliphatic rings. The van der Waals surface area contributed by atoms with Gasteiger partial charge in [-0.3, -0.25) is 0 Å². The maximum Gasteiger partial charge on any atom is 0.0545 e. The molecule has 0 aliphatic heterocycles. The summed E-state index contributed by atoms with van der Waals surface area (Å²) in [5.74, 6) is 0.522. The Bertz CT molecular complexity index is 122. The van der Waals surface area contributed by atoms with Crippen molar-refractivity contribution in [1.29, 1.82) is 0 Å². The van der Waals surface area contributed by atoms with E-state index in [1.54, 1.807) is 6.20 Å². The normalized spacial score (nSPS) is 34.9. The van der Waals surface area contributed by atoms with E-state index in [0.717, 1.165) is 19.3 Å². The number of rotatable bonds is 1. The number of hydrogen-bond acceptors (Lipinski definition) is 2. The van der Waals surface area contributed by atoms with E-state index < -0.39 is 0 Å². The van der Waals surface area contributed by atoms with Gasteiger partial charge < -0.3 is 10.8 Å².